The van der Waals surface area contributed by atoms with Crippen LogP contribution in [0.5, 0.6) is 0 Å². The molecule has 0 aliphatic carbocycles. The zero-order valence-corrected chi connectivity index (χ0v) is 21.4. The Bertz CT molecular complexity index is 1010. The van der Waals surface area contributed by atoms with Crippen LogP contribution in [-0.4, -0.2) is 41.5 Å². The van der Waals surface area contributed by atoms with E-state index in [-0.39, 0.29) is 12.0 Å². The summed E-state index contributed by atoms with van der Waals surface area (Å²) in [5.41, 5.74) is 1.79. The molecule has 1 amide bonds. The van der Waals surface area contributed by atoms with Crippen LogP contribution in [0.2, 0.25) is 4.34 Å². The fourth-order valence-electron chi connectivity index (χ4n) is 4.13. The molecule has 5 nitrogen and oxygen atoms in total. The Kier molecular flexibility index (Phi) is 5.94. The minimum absolute atomic E-state index is 0.0507. The molecule has 0 saturated carbocycles. The molecule has 0 N–H and O–H groups in total. The fourth-order valence-corrected chi connectivity index (χ4v) is 5.49. The van der Waals surface area contributed by atoms with E-state index in [9.17, 15) is 4.79 Å². The van der Waals surface area contributed by atoms with E-state index in [0.717, 1.165) is 25.8 Å². The van der Waals surface area contributed by atoms with Gasteiger partial charge in [0.05, 0.1) is 22.1 Å². The molecule has 32 heavy (non-hydrogen) atoms. The van der Waals surface area contributed by atoms with Crippen molar-refractivity contribution in [1.82, 2.24) is 4.90 Å². The number of fused-ring (bicyclic) bond motifs is 1. The monoisotopic (exact) mass is 475 g/mol. The Morgan fingerprint density at radius 1 is 1.16 bits per heavy atom. The number of halogens is 1. The van der Waals surface area contributed by atoms with Crippen LogP contribution >= 0.6 is 22.9 Å². The number of hydrogen-bond acceptors (Lipinski definition) is 5. The Hall–Kier alpha value is -1.54. The standard InChI is InChI=1S/C24H31BClNO4S/c1-22(2,3)29-21(28)27-13-17(16-12-20(26)32-19(16)14-27)15-10-8-9-11-18(15)25-30-23(4,5)24(6,7)31-25/h8-12,17H,13-14H2,1-7H3/t17-/m0/s1. The predicted octanol–water partition coefficient (Wildman–Crippen LogP) is 5.58. The van der Waals surface area contributed by atoms with Gasteiger partial charge in [-0.15, -0.1) is 11.3 Å². The van der Waals surface area contributed by atoms with E-state index in [0.29, 0.717) is 13.1 Å². The fraction of sp³-hybridized carbons (Fsp3) is 0.542. The van der Waals surface area contributed by atoms with Gasteiger partial charge >= 0.3 is 13.2 Å². The topological polar surface area (TPSA) is 48.0 Å². The molecule has 1 fully saturated rings. The number of hydrogen-bond donors (Lipinski definition) is 0. The Morgan fingerprint density at radius 3 is 2.41 bits per heavy atom. The summed E-state index contributed by atoms with van der Waals surface area (Å²) in [6.45, 7) is 14.9. The van der Waals surface area contributed by atoms with E-state index in [4.69, 9.17) is 25.6 Å². The summed E-state index contributed by atoms with van der Waals surface area (Å²) >= 11 is 7.93. The van der Waals surface area contributed by atoms with E-state index >= 15 is 0 Å². The van der Waals surface area contributed by atoms with E-state index < -0.39 is 23.9 Å². The van der Waals surface area contributed by atoms with Gasteiger partial charge in [-0.05, 0) is 71.1 Å². The number of carbonyl (C=O) groups excluding carboxylic acids is 1. The third-order valence-electron chi connectivity index (χ3n) is 6.45. The zero-order chi connectivity index (χ0) is 23.5. The second-order valence-electron chi connectivity index (χ2n) is 10.6. The van der Waals surface area contributed by atoms with E-state index in [1.54, 1.807) is 4.90 Å². The number of amides is 1. The van der Waals surface area contributed by atoms with Gasteiger partial charge in [0, 0.05) is 17.3 Å². The lowest BCUT2D eigenvalue weighted by Gasteiger charge is -2.35. The number of carbonyl (C=O) groups is 1. The minimum Gasteiger partial charge on any atom is -0.444 e. The number of nitrogens with zero attached hydrogens (tertiary/aromatic N) is 1. The van der Waals surface area contributed by atoms with Crippen molar-refractivity contribution in [3.8, 4) is 0 Å². The summed E-state index contributed by atoms with van der Waals surface area (Å²) in [4.78, 5) is 15.8. The molecule has 2 aliphatic heterocycles. The SMILES string of the molecule is CC(C)(C)OC(=O)N1Cc2sc(Cl)cc2[C@H](c2ccccc2B2OC(C)(C)C(C)(C)O2)C1. The second kappa shape index (κ2) is 8.05. The molecule has 172 valence electrons. The van der Waals surface area contributed by atoms with E-state index in [1.807, 2.05) is 39.0 Å². The maximum atomic E-state index is 12.9. The Morgan fingerprint density at radius 2 is 1.78 bits per heavy atom. The smallest absolute Gasteiger partial charge is 0.444 e. The lowest BCUT2D eigenvalue weighted by Crippen LogP contribution is -2.44. The van der Waals surface area contributed by atoms with Gasteiger partial charge in [0.25, 0.3) is 0 Å². The number of thiophene rings is 1. The molecule has 1 atom stereocenters. The third kappa shape index (κ3) is 4.45. The molecule has 4 rings (SSSR count). The van der Waals surface area contributed by atoms with Crippen LogP contribution in [0.4, 0.5) is 4.79 Å². The first-order valence-corrected chi connectivity index (χ1v) is 12.2. The van der Waals surface area contributed by atoms with Gasteiger partial charge in [-0.1, -0.05) is 35.9 Å². The summed E-state index contributed by atoms with van der Waals surface area (Å²) in [5.74, 6) is -0.0507. The molecule has 2 aliphatic rings. The van der Waals surface area contributed by atoms with Gasteiger partial charge in [-0.25, -0.2) is 4.79 Å². The van der Waals surface area contributed by atoms with Crippen LogP contribution in [0.25, 0.3) is 0 Å². The quantitative estimate of drug-likeness (QED) is 0.532. The first kappa shape index (κ1) is 23.6. The highest BCUT2D eigenvalue weighted by atomic mass is 35.5. The molecule has 2 aromatic rings. The van der Waals surface area contributed by atoms with Crippen molar-refractivity contribution in [2.24, 2.45) is 0 Å². The van der Waals surface area contributed by atoms with Crippen molar-refractivity contribution in [3.63, 3.8) is 0 Å². The largest absolute Gasteiger partial charge is 0.495 e. The van der Waals surface area contributed by atoms with Gasteiger partial charge in [-0.3, -0.25) is 0 Å². The number of benzene rings is 1. The predicted molar refractivity (Wildman–Crippen MR) is 130 cm³/mol. The van der Waals surface area contributed by atoms with Gasteiger partial charge < -0.3 is 18.9 Å². The maximum Gasteiger partial charge on any atom is 0.495 e. The first-order chi connectivity index (χ1) is 14.8. The van der Waals surface area contributed by atoms with Crippen molar-refractivity contribution >= 4 is 41.6 Å². The summed E-state index contributed by atoms with van der Waals surface area (Å²) in [6.07, 6.45) is -0.314. The van der Waals surface area contributed by atoms with Crippen LogP contribution < -0.4 is 5.46 Å². The highest BCUT2D eigenvalue weighted by molar-refractivity contribution is 7.16. The second-order valence-corrected chi connectivity index (χ2v) is 12.3. The van der Waals surface area contributed by atoms with Crippen molar-refractivity contribution in [1.29, 1.82) is 0 Å². The van der Waals surface area contributed by atoms with Crippen LogP contribution in [0.15, 0.2) is 30.3 Å². The Labute approximate surface area is 200 Å². The molecular weight excluding hydrogens is 445 g/mol. The van der Waals surface area contributed by atoms with Crippen LogP contribution in [0.3, 0.4) is 0 Å². The van der Waals surface area contributed by atoms with Gasteiger partial charge in [0.1, 0.15) is 5.60 Å². The third-order valence-corrected chi connectivity index (χ3v) is 7.72. The number of rotatable bonds is 2. The lowest BCUT2D eigenvalue weighted by molar-refractivity contribution is 0.00578. The summed E-state index contributed by atoms with van der Waals surface area (Å²) < 4.78 is 19.1. The van der Waals surface area contributed by atoms with Crippen LogP contribution in [0, 0.1) is 0 Å². The van der Waals surface area contributed by atoms with E-state index in [1.165, 1.54) is 11.3 Å². The molecular formula is C24H31BClNO4S. The average molecular weight is 476 g/mol. The summed E-state index contributed by atoms with van der Waals surface area (Å²) in [6, 6.07) is 10.2. The van der Waals surface area contributed by atoms with Gasteiger partial charge in [0.15, 0.2) is 0 Å². The van der Waals surface area contributed by atoms with Gasteiger partial charge in [0.2, 0.25) is 0 Å². The van der Waals surface area contributed by atoms with Crippen molar-refractivity contribution in [3.05, 3.63) is 50.7 Å². The van der Waals surface area contributed by atoms with Crippen molar-refractivity contribution in [2.45, 2.75) is 77.7 Å². The highest BCUT2D eigenvalue weighted by Gasteiger charge is 2.52. The van der Waals surface area contributed by atoms with Crippen LogP contribution in [-0.2, 0) is 20.6 Å². The van der Waals surface area contributed by atoms with E-state index in [2.05, 4.69) is 39.8 Å². The number of ether oxygens (including phenoxy) is 1. The average Bonchev–Trinajstić information content (AvgIpc) is 3.14. The first-order valence-electron chi connectivity index (χ1n) is 11.0. The molecule has 0 radical (unpaired) electrons. The Balaban J connectivity index is 1.72. The highest BCUT2D eigenvalue weighted by Crippen LogP contribution is 2.41. The van der Waals surface area contributed by atoms with Crippen molar-refractivity contribution < 1.29 is 18.8 Å². The zero-order valence-electron chi connectivity index (χ0n) is 19.8. The van der Waals surface area contributed by atoms with Gasteiger partial charge in [-0.2, -0.15) is 0 Å². The maximum absolute atomic E-state index is 12.9. The lowest BCUT2D eigenvalue weighted by atomic mass is 9.71. The molecule has 0 bridgehead atoms. The molecule has 1 aromatic heterocycles. The minimum atomic E-state index is -0.555. The molecule has 0 unspecified atom stereocenters. The summed E-state index contributed by atoms with van der Waals surface area (Å²) in [5, 5.41) is 0. The van der Waals surface area contributed by atoms with Crippen molar-refractivity contribution in [2.75, 3.05) is 6.54 Å². The van der Waals surface area contributed by atoms with Crippen LogP contribution in [0.1, 0.15) is 70.4 Å². The molecule has 1 aromatic carbocycles. The molecule has 1 saturated heterocycles. The molecule has 0 spiro atoms. The molecule has 8 heteroatoms. The summed E-state index contributed by atoms with van der Waals surface area (Å²) in [7, 11) is -0.481. The molecule has 3 heterocycles. The normalized spacial score (nSPS) is 22.1.